The van der Waals surface area contributed by atoms with Crippen LogP contribution in [0.3, 0.4) is 0 Å². The molecule has 0 saturated heterocycles. The first-order chi connectivity index (χ1) is 22.7. The lowest BCUT2D eigenvalue weighted by Crippen LogP contribution is -2.15. The fourth-order valence-electron chi connectivity index (χ4n) is 3.39. The number of ether oxygens (including phenoxy) is 9. The molecular weight excluding hydrogens is 637 g/mol. The van der Waals surface area contributed by atoms with E-state index < -0.39 is 8.80 Å². The molecule has 0 aliphatic rings. The molecule has 0 saturated carbocycles. The Morgan fingerprint density at radius 1 is 0.630 bits per heavy atom. The van der Waals surface area contributed by atoms with Crippen LogP contribution < -0.4 is 5.73 Å². The average Bonchev–Trinajstić information content (AvgIpc) is 3.52. The molecule has 0 aromatic carbocycles. The number of nitrogens with two attached hydrogens (primary N) is 1. The molecule has 0 radical (unpaired) electrons. The molecule has 0 aliphatic carbocycles. The van der Waals surface area contributed by atoms with Crippen LogP contribution in [0.4, 0.5) is 0 Å². The number of rotatable bonds is 33. The van der Waals surface area contributed by atoms with Crippen molar-refractivity contribution in [2.75, 3.05) is 118 Å². The maximum absolute atomic E-state index is 5.64. The van der Waals surface area contributed by atoms with Gasteiger partial charge in [0.2, 0.25) is 0 Å². The van der Waals surface area contributed by atoms with Crippen LogP contribution in [0.15, 0.2) is 23.7 Å². The van der Waals surface area contributed by atoms with Gasteiger partial charge in [0.25, 0.3) is 0 Å². The Balaban J connectivity index is 1.29. The standard InChI is InChI=1S/C29H54N6O9SSi/c1-46(2)26-45-29-31-21-27(22-32-29)24-43-19-17-41-10-8-37-6-4-35-23-28(33-34-35)25-44-20-18-42-16-15-40-14-13-39-12-11-38-9-7-36-5-3-30/h21-23,46H,3-20,24-26,30H2,1-2H3. The summed E-state index contributed by atoms with van der Waals surface area (Å²) in [6.45, 7) is 14.8. The molecular formula is C29H54N6O9SSi. The summed E-state index contributed by atoms with van der Waals surface area (Å²) in [5, 5.41) is 10.2. The second kappa shape index (κ2) is 29.5. The minimum atomic E-state index is -0.608. The summed E-state index contributed by atoms with van der Waals surface area (Å²) < 4.78 is 51.2. The Labute approximate surface area is 279 Å². The molecule has 264 valence electrons. The summed E-state index contributed by atoms with van der Waals surface area (Å²) >= 11 is 1.73. The SMILES string of the molecule is C[SiH](C)CSc1ncc(COCCOCCOCCn2cc(COCCOCCOCCOCCOCCOCCN)nn2)cn1. The molecule has 46 heavy (non-hydrogen) atoms. The summed E-state index contributed by atoms with van der Waals surface area (Å²) in [5.74, 6) is 0. The van der Waals surface area contributed by atoms with Crippen LogP contribution in [0.25, 0.3) is 0 Å². The van der Waals surface area contributed by atoms with Crippen molar-refractivity contribution in [2.45, 2.75) is 38.0 Å². The van der Waals surface area contributed by atoms with Gasteiger partial charge in [-0.2, -0.15) is 0 Å². The summed E-state index contributed by atoms with van der Waals surface area (Å²) in [5.41, 5.74) is 7.05. The topological polar surface area (TPSA) is 166 Å². The van der Waals surface area contributed by atoms with E-state index in [1.165, 1.54) is 0 Å². The zero-order chi connectivity index (χ0) is 32.8. The molecule has 0 fully saturated rings. The fraction of sp³-hybridized carbons (Fsp3) is 0.793. The van der Waals surface area contributed by atoms with Gasteiger partial charge in [-0.05, 0) is 5.38 Å². The zero-order valence-corrected chi connectivity index (χ0v) is 29.5. The van der Waals surface area contributed by atoms with Crippen LogP contribution in [-0.4, -0.2) is 151 Å². The van der Waals surface area contributed by atoms with Crippen molar-refractivity contribution in [3.63, 3.8) is 0 Å². The van der Waals surface area contributed by atoms with Gasteiger partial charge >= 0.3 is 0 Å². The van der Waals surface area contributed by atoms with E-state index in [2.05, 4.69) is 33.4 Å². The lowest BCUT2D eigenvalue weighted by molar-refractivity contribution is -0.0175. The highest BCUT2D eigenvalue weighted by Gasteiger charge is 2.04. The van der Waals surface area contributed by atoms with Crippen molar-refractivity contribution in [3.05, 3.63) is 29.8 Å². The maximum atomic E-state index is 5.64. The van der Waals surface area contributed by atoms with Gasteiger partial charge in [0.05, 0.1) is 132 Å². The van der Waals surface area contributed by atoms with E-state index in [-0.39, 0.29) is 0 Å². The van der Waals surface area contributed by atoms with Crippen LogP contribution in [0.5, 0.6) is 0 Å². The third-order valence-corrected chi connectivity index (χ3v) is 9.47. The van der Waals surface area contributed by atoms with E-state index in [0.29, 0.717) is 132 Å². The summed E-state index contributed by atoms with van der Waals surface area (Å²) in [6.07, 6.45) is 5.51. The molecule has 15 nitrogen and oxygen atoms in total. The van der Waals surface area contributed by atoms with Gasteiger partial charge in [0.15, 0.2) is 5.16 Å². The summed E-state index contributed by atoms with van der Waals surface area (Å²) in [7, 11) is -0.608. The van der Waals surface area contributed by atoms with Crippen LogP contribution in [0.1, 0.15) is 11.3 Å². The van der Waals surface area contributed by atoms with Crippen molar-refractivity contribution in [2.24, 2.45) is 5.73 Å². The highest BCUT2D eigenvalue weighted by Crippen LogP contribution is 2.13. The molecule has 0 unspecified atom stereocenters. The van der Waals surface area contributed by atoms with E-state index in [9.17, 15) is 0 Å². The smallest absolute Gasteiger partial charge is 0.187 e. The molecule has 2 heterocycles. The molecule has 2 aromatic heterocycles. The highest BCUT2D eigenvalue weighted by molar-refractivity contribution is 8.00. The number of nitrogens with zero attached hydrogens (tertiary/aromatic N) is 5. The van der Waals surface area contributed by atoms with Crippen LogP contribution in [0, 0.1) is 0 Å². The van der Waals surface area contributed by atoms with E-state index in [1.54, 1.807) is 16.4 Å². The Morgan fingerprint density at radius 3 is 1.59 bits per heavy atom. The third kappa shape index (κ3) is 23.7. The first-order valence-corrected chi connectivity index (χ1v) is 20.0. The minimum Gasteiger partial charge on any atom is -0.378 e. The van der Waals surface area contributed by atoms with Gasteiger partial charge in [0.1, 0.15) is 5.69 Å². The largest absolute Gasteiger partial charge is 0.378 e. The summed E-state index contributed by atoms with van der Waals surface area (Å²) in [4.78, 5) is 8.78. The third-order valence-electron chi connectivity index (χ3n) is 5.66. The first kappa shape index (κ1) is 40.6. The van der Waals surface area contributed by atoms with Gasteiger partial charge < -0.3 is 48.4 Å². The van der Waals surface area contributed by atoms with Gasteiger partial charge in [-0.3, -0.25) is 0 Å². The number of hydrogen-bond acceptors (Lipinski definition) is 15. The molecule has 0 amide bonds. The molecule has 0 spiro atoms. The van der Waals surface area contributed by atoms with Gasteiger partial charge in [-0.1, -0.05) is 30.1 Å². The van der Waals surface area contributed by atoms with E-state index in [4.69, 9.17) is 48.4 Å². The normalized spacial score (nSPS) is 11.7. The Morgan fingerprint density at radius 2 is 1.09 bits per heavy atom. The summed E-state index contributed by atoms with van der Waals surface area (Å²) in [6, 6.07) is 0. The van der Waals surface area contributed by atoms with Crippen molar-refractivity contribution in [3.8, 4) is 0 Å². The quantitative estimate of drug-likeness (QED) is 0.0488. The average molecular weight is 691 g/mol. The lowest BCUT2D eigenvalue weighted by atomic mass is 10.4. The predicted molar refractivity (Wildman–Crippen MR) is 176 cm³/mol. The van der Waals surface area contributed by atoms with Crippen molar-refractivity contribution in [1.29, 1.82) is 0 Å². The molecule has 0 aliphatic heterocycles. The first-order valence-electron chi connectivity index (χ1n) is 15.9. The van der Waals surface area contributed by atoms with Gasteiger partial charge in [-0.15, -0.1) is 5.10 Å². The second-order valence-corrected chi connectivity index (χ2v) is 15.0. The van der Waals surface area contributed by atoms with Gasteiger partial charge in [-0.25, -0.2) is 14.6 Å². The van der Waals surface area contributed by atoms with Crippen molar-refractivity contribution < 1.29 is 42.6 Å². The monoisotopic (exact) mass is 690 g/mol. The van der Waals surface area contributed by atoms with Gasteiger partial charge in [0, 0.05) is 33.3 Å². The second-order valence-electron chi connectivity index (χ2n) is 10.2. The van der Waals surface area contributed by atoms with Crippen LogP contribution in [-0.2, 0) is 62.4 Å². The minimum absolute atomic E-state index is 0.370. The molecule has 0 bridgehead atoms. The van der Waals surface area contributed by atoms with Crippen LogP contribution >= 0.6 is 11.8 Å². The number of thioether (sulfide) groups is 1. The number of hydrogen-bond donors (Lipinski definition) is 1. The van der Waals surface area contributed by atoms with Crippen LogP contribution in [0.2, 0.25) is 13.1 Å². The predicted octanol–water partition coefficient (Wildman–Crippen LogP) is 0.994. The van der Waals surface area contributed by atoms with E-state index >= 15 is 0 Å². The maximum Gasteiger partial charge on any atom is 0.187 e. The Bertz CT molecular complexity index is 952. The van der Waals surface area contributed by atoms with E-state index in [0.717, 1.165) is 21.8 Å². The molecule has 2 N–H and O–H groups in total. The molecule has 2 rings (SSSR count). The van der Waals surface area contributed by atoms with Crippen molar-refractivity contribution >= 4 is 20.6 Å². The lowest BCUT2D eigenvalue weighted by Gasteiger charge is -2.08. The molecule has 0 atom stereocenters. The Hall–Kier alpha value is -1.61. The highest BCUT2D eigenvalue weighted by atomic mass is 32.2. The Kier molecular flexibility index (Phi) is 26.0. The van der Waals surface area contributed by atoms with Crippen molar-refractivity contribution in [1.82, 2.24) is 25.0 Å². The van der Waals surface area contributed by atoms with E-state index in [1.807, 2.05) is 18.6 Å². The zero-order valence-electron chi connectivity index (χ0n) is 27.6. The molecule has 2 aromatic rings. The number of aromatic nitrogens is 5. The fourth-order valence-corrected chi connectivity index (χ4v) is 5.58. The molecule has 17 heteroatoms.